The van der Waals surface area contributed by atoms with Crippen LogP contribution in [0.2, 0.25) is 10.2 Å². The van der Waals surface area contributed by atoms with Gasteiger partial charge in [0.2, 0.25) is 0 Å². The Morgan fingerprint density at radius 1 is 1.56 bits per heavy atom. The van der Waals surface area contributed by atoms with E-state index in [0.29, 0.717) is 21.7 Å². The van der Waals surface area contributed by atoms with Crippen LogP contribution in [0, 0.1) is 0 Å². The first-order chi connectivity index (χ1) is 7.59. The molecule has 5 nitrogen and oxygen atoms in total. The Morgan fingerprint density at radius 3 is 2.81 bits per heavy atom. The van der Waals surface area contributed by atoms with Gasteiger partial charge >= 0.3 is 0 Å². The molecule has 0 aromatic carbocycles. The molecule has 1 amide bonds. The lowest BCUT2D eigenvalue weighted by molar-refractivity contribution is 0.101. The van der Waals surface area contributed by atoms with Crippen molar-refractivity contribution in [3.05, 3.63) is 34.2 Å². The maximum Gasteiger partial charge on any atom is 0.273 e. The van der Waals surface area contributed by atoms with Gasteiger partial charge in [-0.15, -0.1) is 0 Å². The van der Waals surface area contributed by atoms with Crippen molar-refractivity contribution in [3.8, 4) is 0 Å². The van der Waals surface area contributed by atoms with Gasteiger partial charge in [-0.2, -0.15) is 5.10 Å². The van der Waals surface area contributed by atoms with Gasteiger partial charge in [-0.1, -0.05) is 23.2 Å². The van der Waals surface area contributed by atoms with Crippen LogP contribution >= 0.6 is 23.2 Å². The second-order valence-corrected chi connectivity index (χ2v) is 3.92. The van der Waals surface area contributed by atoms with Gasteiger partial charge in [0.25, 0.3) is 5.91 Å². The molecule has 0 radical (unpaired) electrons. The molecule has 0 aliphatic heterocycles. The average Bonchev–Trinajstić information content (AvgIpc) is 2.83. The number of nitrogens with zero attached hydrogens (tertiary/aromatic N) is 2. The summed E-state index contributed by atoms with van der Waals surface area (Å²) in [5, 5.41) is 9.64. The van der Waals surface area contributed by atoms with Crippen LogP contribution in [0.4, 0.5) is 5.82 Å². The lowest BCUT2D eigenvalue weighted by Crippen LogP contribution is -2.15. The molecule has 2 aromatic heterocycles. The van der Waals surface area contributed by atoms with Gasteiger partial charge < -0.3 is 9.88 Å². The minimum atomic E-state index is -0.305. The van der Waals surface area contributed by atoms with E-state index >= 15 is 0 Å². The smallest absolute Gasteiger partial charge is 0.273 e. The Morgan fingerprint density at radius 2 is 2.31 bits per heavy atom. The highest BCUT2D eigenvalue weighted by molar-refractivity contribution is 6.42. The third-order valence-corrected chi connectivity index (χ3v) is 2.94. The zero-order valence-electron chi connectivity index (χ0n) is 8.29. The fourth-order valence-corrected chi connectivity index (χ4v) is 1.65. The van der Waals surface area contributed by atoms with Crippen LogP contribution < -0.4 is 5.32 Å². The Balaban J connectivity index is 2.24. The summed E-state index contributed by atoms with van der Waals surface area (Å²) in [6, 6.07) is 3.15. The van der Waals surface area contributed by atoms with Crippen LogP contribution in [0.3, 0.4) is 0 Å². The van der Waals surface area contributed by atoms with Crippen LogP contribution in [0.1, 0.15) is 10.5 Å². The van der Waals surface area contributed by atoms with Crippen molar-refractivity contribution in [2.45, 2.75) is 0 Å². The Bertz CT molecular complexity index is 518. The van der Waals surface area contributed by atoms with Gasteiger partial charge in [-0.3, -0.25) is 9.89 Å². The van der Waals surface area contributed by atoms with E-state index in [1.165, 1.54) is 10.6 Å². The summed E-state index contributed by atoms with van der Waals surface area (Å²) in [6.07, 6.45) is 1.54. The predicted molar refractivity (Wildman–Crippen MR) is 62.0 cm³/mol. The lowest BCUT2D eigenvalue weighted by Gasteiger charge is -2.03. The van der Waals surface area contributed by atoms with E-state index in [1.807, 2.05) is 0 Å². The third-order valence-electron chi connectivity index (χ3n) is 2.10. The number of anilines is 1. The fourth-order valence-electron chi connectivity index (χ4n) is 1.27. The summed E-state index contributed by atoms with van der Waals surface area (Å²) in [5.41, 5.74) is 0.379. The van der Waals surface area contributed by atoms with Gasteiger partial charge in [0.05, 0.1) is 11.2 Å². The van der Waals surface area contributed by atoms with Crippen LogP contribution in [0.25, 0.3) is 0 Å². The molecule has 2 heterocycles. The summed E-state index contributed by atoms with van der Waals surface area (Å²) in [7, 11) is 1.66. The Labute approximate surface area is 101 Å². The molecule has 2 aromatic rings. The number of carbonyl (C=O) groups is 1. The largest absolute Gasteiger partial charge is 0.329 e. The summed E-state index contributed by atoms with van der Waals surface area (Å²) < 4.78 is 1.51. The second-order valence-electron chi connectivity index (χ2n) is 3.15. The normalized spacial score (nSPS) is 10.4. The number of aromatic nitrogens is 3. The molecule has 16 heavy (non-hydrogen) atoms. The monoisotopic (exact) mass is 258 g/mol. The molecule has 0 saturated carbocycles. The Kier molecular flexibility index (Phi) is 2.89. The number of nitrogens with one attached hydrogen (secondary N) is 2. The van der Waals surface area contributed by atoms with Crippen molar-refractivity contribution in [1.29, 1.82) is 0 Å². The van der Waals surface area contributed by atoms with Crippen molar-refractivity contribution < 1.29 is 4.79 Å². The number of carbonyl (C=O) groups excluding carboxylic acids is 1. The number of H-pyrrole nitrogens is 1. The third kappa shape index (κ3) is 1.91. The second kappa shape index (κ2) is 4.19. The minimum Gasteiger partial charge on any atom is -0.329 e. The summed E-state index contributed by atoms with van der Waals surface area (Å²) in [4.78, 5) is 11.8. The molecule has 2 rings (SSSR count). The molecule has 84 valence electrons. The summed E-state index contributed by atoms with van der Waals surface area (Å²) >= 11 is 11.7. The zero-order valence-corrected chi connectivity index (χ0v) is 9.80. The van der Waals surface area contributed by atoms with Crippen molar-refractivity contribution in [3.63, 3.8) is 0 Å². The quantitative estimate of drug-likeness (QED) is 0.869. The highest BCUT2D eigenvalue weighted by atomic mass is 35.5. The molecule has 0 unspecified atom stereocenters. The van der Waals surface area contributed by atoms with E-state index in [2.05, 4.69) is 15.5 Å². The van der Waals surface area contributed by atoms with Crippen molar-refractivity contribution >= 4 is 34.9 Å². The molecule has 0 saturated heterocycles. The lowest BCUT2D eigenvalue weighted by atomic mass is 10.4. The number of halogens is 2. The van der Waals surface area contributed by atoms with Crippen LogP contribution in [0.15, 0.2) is 18.3 Å². The minimum absolute atomic E-state index is 0.305. The van der Waals surface area contributed by atoms with Gasteiger partial charge in [0.1, 0.15) is 16.7 Å². The van der Waals surface area contributed by atoms with E-state index in [-0.39, 0.29) is 5.91 Å². The topological polar surface area (TPSA) is 62.7 Å². The zero-order chi connectivity index (χ0) is 11.7. The molecule has 7 heteroatoms. The van der Waals surface area contributed by atoms with Gasteiger partial charge in [0, 0.05) is 13.1 Å². The molecule has 0 fully saturated rings. The number of rotatable bonds is 2. The maximum atomic E-state index is 11.8. The standard InChI is InChI=1S/C9H8Cl2N4O/c1-15-6(4-5(10)8(15)11)9(16)13-7-2-3-12-14-7/h2-4H,1H3,(H2,12,13,14,16). The number of amides is 1. The maximum absolute atomic E-state index is 11.8. The molecule has 0 spiro atoms. The van der Waals surface area contributed by atoms with Crippen LogP contribution in [-0.2, 0) is 7.05 Å². The molecule has 0 aliphatic carbocycles. The van der Waals surface area contributed by atoms with Gasteiger partial charge in [0.15, 0.2) is 0 Å². The molecular weight excluding hydrogens is 251 g/mol. The molecular formula is C9H8Cl2N4O. The predicted octanol–water partition coefficient (Wildman–Crippen LogP) is 2.31. The Hall–Kier alpha value is -1.46. The summed E-state index contributed by atoms with van der Waals surface area (Å²) in [5.74, 6) is 0.207. The fraction of sp³-hybridized carbons (Fsp3) is 0.111. The first kappa shape index (κ1) is 11.0. The summed E-state index contributed by atoms with van der Waals surface area (Å²) in [6.45, 7) is 0. The van der Waals surface area contributed by atoms with Crippen molar-refractivity contribution in [1.82, 2.24) is 14.8 Å². The van der Waals surface area contributed by atoms with E-state index in [9.17, 15) is 4.79 Å². The van der Waals surface area contributed by atoms with Crippen molar-refractivity contribution in [2.75, 3.05) is 5.32 Å². The first-order valence-corrected chi connectivity index (χ1v) is 5.16. The first-order valence-electron chi connectivity index (χ1n) is 4.41. The van der Waals surface area contributed by atoms with E-state index in [1.54, 1.807) is 19.3 Å². The van der Waals surface area contributed by atoms with E-state index < -0.39 is 0 Å². The van der Waals surface area contributed by atoms with Crippen LogP contribution in [-0.4, -0.2) is 20.7 Å². The number of aromatic amines is 1. The van der Waals surface area contributed by atoms with Gasteiger partial charge in [-0.25, -0.2) is 0 Å². The SMILES string of the molecule is Cn1c(C(=O)Nc2ccn[nH]2)cc(Cl)c1Cl. The van der Waals surface area contributed by atoms with Gasteiger partial charge in [-0.05, 0) is 6.07 Å². The van der Waals surface area contributed by atoms with E-state index in [4.69, 9.17) is 23.2 Å². The number of hydrogen-bond acceptors (Lipinski definition) is 2. The molecule has 0 bridgehead atoms. The van der Waals surface area contributed by atoms with Crippen molar-refractivity contribution in [2.24, 2.45) is 7.05 Å². The average molecular weight is 259 g/mol. The molecule has 2 N–H and O–H groups in total. The highest BCUT2D eigenvalue weighted by Gasteiger charge is 2.15. The molecule has 0 aliphatic rings. The van der Waals surface area contributed by atoms with Crippen LogP contribution in [0.5, 0.6) is 0 Å². The molecule has 0 atom stereocenters. The highest BCUT2D eigenvalue weighted by Crippen LogP contribution is 2.25. The van der Waals surface area contributed by atoms with E-state index in [0.717, 1.165) is 0 Å². The number of hydrogen-bond donors (Lipinski definition) is 2.